The van der Waals surface area contributed by atoms with Gasteiger partial charge in [0.05, 0.1) is 17.4 Å². The van der Waals surface area contributed by atoms with Gasteiger partial charge in [0.25, 0.3) is 0 Å². The highest BCUT2D eigenvalue weighted by molar-refractivity contribution is 5.91. The van der Waals surface area contributed by atoms with Crippen molar-refractivity contribution in [3.05, 3.63) is 34.3 Å². The summed E-state index contributed by atoms with van der Waals surface area (Å²) in [7, 11) is 0. The molecule has 20 heavy (non-hydrogen) atoms. The maximum absolute atomic E-state index is 11.9. The lowest BCUT2D eigenvalue weighted by molar-refractivity contribution is -0.385. The summed E-state index contributed by atoms with van der Waals surface area (Å²) < 4.78 is 6.19. The number of amides is 1. The maximum Gasteiger partial charge on any atom is 0.306 e. The second kappa shape index (κ2) is 5.51. The maximum atomic E-state index is 11.9. The molecular weight excluding hydrogens is 266 g/mol. The number of rotatable bonds is 5. The van der Waals surface area contributed by atoms with Gasteiger partial charge in [-0.15, -0.1) is 0 Å². The smallest absolute Gasteiger partial charge is 0.306 e. The zero-order valence-electron chi connectivity index (χ0n) is 10.9. The zero-order chi connectivity index (χ0) is 14.7. The Labute approximate surface area is 113 Å². The van der Waals surface area contributed by atoms with Crippen molar-refractivity contribution in [1.82, 2.24) is 14.9 Å². The van der Waals surface area contributed by atoms with Crippen LogP contribution in [-0.2, 0) is 11.3 Å². The van der Waals surface area contributed by atoms with E-state index in [2.05, 4.69) is 15.6 Å². The molecule has 0 aliphatic rings. The van der Waals surface area contributed by atoms with Crippen LogP contribution in [0.5, 0.6) is 0 Å². The molecule has 106 valence electrons. The van der Waals surface area contributed by atoms with Crippen LogP contribution in [0.1, 0.15) is 12.7 Å². The molecular formula is C11H13N5O4. The molecule has 2 aromatic heterocycles. The summed E-state index contributed by atoms with van der Waals surface area (Å²) >= 11 is 0. The van der Waals surface area contributed by atoms with Crippen molar-refractivity contribution in [3.8, 4) is 0 Å². The van der Waals surface area contributed by atoms with Gasteiger partial charge >= 0.3 is 5.69 Å². The van der Waals surface area contributed by atoms with Gasteiger partial charge in [-0.05, 0) is 6.92 Å². The van der Waals surface area contributed by atoms with Gasteiger partial charge in [0.1, 0.15) is 18.2 Å². The summed E-state index contributed by atoms with van der Waals surface area (Å²) in [6.45, 7) is 3.64. The summed E-state index contributed by atoms with van der Waals surface area (Å²) in [6, 6.07) is 1.60. The number of carbonyl (C=O) groups is 1. The van der Waals surface area contributed by atoms with E-state index >= 15 is 0 Å². The van der Waals surface area contributed by atoms with Crippen LogP contribution < -0.4 is 5.32 Å². The first-order valence-electron chi connectivity index (χ1n) is 5.86. The minimum atomic E-state index is -0.535. The minimum Gasteiger partial charge on any atom is -0.360 e. The lowest BCUT2D eigenvalue weighted by Gasteiger charge is -2.10. The van der Waals surface area contributed by atoms with E-state index in [0.717, 1.165) is 6.20 Å². The Balaban J connectivity index is 1.94. The van der Waals surface area contributed by atoms with Crippen LogP contribution in [0.3, 0.4) is 0 Å². The van der Waals surface area contributed by atoms with Crippen molar-refractivity contribution in [3.63, 3.8) is 0 Å². The van der Waals surface area contributed by atoms with Gasteiger partial charge in [-0.25, -0.2) is 0 Å². The van der Waals surface area contributed by atoms with Crippen LogP contribution in [0.15, 0.2) is 23.0 Å². The Bertz CT molecular complexity index is 632. The highest BCUT2D eigenvalue weighted by Gasteiger charge is 2.17. The summed E-state index contributed by atoms with van der Waals surface area (Å²) in [5.41, 5.74) is -0.107. The average Bonchev–Trinajstić information content (AvgIpc) is 2.98. The first-order chi connectivity index (χ1) is 9.45. The van der Waals surface area contributed by atoms with Crippen LogP contribution in [0, 0.1) is 23.0 Å². The van der Waals surface area contributed by atoms with Crippen molar-refractivity contribution in [2.45, 2.75) is 20.4 Å². The molecule has 2 rings (SSSR count). The third-order valence-electron chi connectivity index (χ3n) is 2.62. The molecule has 9 heteroatoms. The third-order valence-corrected chi connectivity index (χ3v) is 2.62. The van der Waals surface area contributed by atoms with Crippen LogP contribution >= 0.6 is 0 Å². The molecule has 1 unspecified atom stereocenters. The van der Waals surface area contributed by atoms with E-state index < -0.39 is 10.8 Å². The third kappa shape index (κ3) is 3.19. The van der Waals surface area contributed by atoms with Gasteiger partial charge in [0.2, 0.25) is 5.91 Å². The summed E-state index contributed by atoms with van der Waals surface area (Å²) in [6.07, 6.45) is 2.43. The lowest BCUT2D eigenvalue weighted by Crippen LogP contribution is -2.24. The quantitative estimate of drug-likeness (QED) is 0.652. The first-order valence-corrected chi connectivity index (χ1v) is 5.86. The Hall–Kier alpha value is -2.71. The molecule has 0 aromatic carbocycles. The van der Waals surface area contributed by atoms with Gasteiger partial charge in [0, 0.05) is 6.07 Å². The van der Waals surface area contributed by atoms with E-state index in [1.165, 1.54) is 10.9 Å². The average molecular weight is 279 g/mol. The van der Waals surface area contributed by atoms with Crippen molar-refractivity contribution >= 4 is 17.4 Å². The molecule has 0 spiro atoms. The largest absolute Gasteiger partial charge is 0.360 e. The van der Waals surface area contributed by atoms with Gasteiger partial charge in [-0.1, -0.05) is 12.1 Å². The van der Waals surface area contributed by atoms with Crippen molar-refractivity contribution < 1.29 is 14.2 Å². The van der Waals surface area contributed by atoms with E-state index in [4.69, 9.17) is 4.52 Å². The Kier molecular flexibility index (Phi) is 3.78. The number of hydrogen-bond acceptors (Lipinski definition) is 6. The molecule has 1 atom stereocenters. The highest BCUT2D eigenvalue weighted by Crippen LogP contribution is 2.12. The van der Waals surface area contributed by atoms with Crippen molar-refractivity contribution in [2.24, 2.45) is 5.92 Å². The van der Waals surface area contributed by atoms with Gasteiger partial charge in [-0.2, -0.15) is 5.10 Å². The molecule has 9 nitrogen and oxygen atoms in total. The van der Waals surface area contributed by atoms with E-state index in [1.807, 2.05) is 0 Å². The number of carbonyl (C=O) groups excluding carboxylic acids is 1. The molecule has 2 heterocycles. The second-order valence-corrected chi connectivity index (χ2v) is 4.39. The van der Waals surface area contributed by atoms with Crippen LogP contribution in [-0.4, -0.2) is 25.8 Å². The fourth-order valence-corrected chi connectivity index (χ4v) is 1.59. The molecule has 0 aliphatic heterocycles. The number of hydrogen-bond donors (Lipinski definition) is 1. The van der Waals surface area contributed by atoms with Crippen molar-refractivity contribution in [1.29, 1.82) is 0 Å². The number of nitrogens with one attached hydrogen (secondary N) is 1. The molecule has 1 N–H and O–H groups in total. The van der Waals surface area contributed by atoms with Crippen LogP contribution in [0.25, 0.3) is 0 Å². The number of aromatic nitrogens is 3. The number of nitro groups is 1. The Morgan fingerprint density at radius 1 is 1.65 bits per heavy atom. The number of aryl methyl sites for hydroxylation is 1. The SMILES string of the molecule is Cc1cc(NC(=O)C(C)Cn2cc([N+](=O)[O-])cn2)no1. The monoisotopic (exact) mass is 279 g/mol. The molecule has 0 radical (unpaired) electrons. The molecule has 0 fully saturated rings. The summed E-state index contributed by atoms with van der Waals surface area (Å²) in [4.78, 5) is 21.9. The predicted octanol–water partition coefficient (Wildman–Crippen LogP) is 1.36. The standard InChI is InChI=1S/C11H13N5O4/c1-7(5-15-6-9(4-12-15)16(18)19)11(17)13-10-3-8(2)20-14-10/h3-4,6-7H,5H2,1-2H3,(H,13,14,17). The second-order valence-electron chi connectivity index (χ2n) is 4.39. The summed E-state index contributed by atoms with van der Waals surface area (Å²) in [5, 5.41) is 20.6. The Morgan fingerprint density at radius 3 is 2.95 bits per heavy atom. The van der Waals surface area contributed by atoms with Crippen molar-refractivity contribution in [2.75, 3.05) is 5.32 Å². The van der Waals surface area contributed by atoms with Crippen LogP contribution in [0.4, 0.5) is 11.5 Å². The minimum absolute atomic E-state index is 0.107. The van der Waals surface area contributed by atoms with E-state index in [9.17, 15) is 14.9 Å². The number of nitrogens with zero attached hydrogens (tertiary/aromatic N) is 4. The number of anilines is 1. The molecule has 0 bridgehead atoms. The predicted molar refractivity (Wildman–Crippen MR) is 67.9 cm³/mol. The molecule has 0 saturated heterocycles. The van der Waals surface area contributed by atoms with E-state index in [1.54, 1.807) is 19.9 Å². The first kappa shape index (κ1) is 13.7. The molecule has 0 aliphatic carbocycles. The van der Waals surface area contributed by atoms with Gasteiger partial charge in [0.15, 0.2) is 5.82 Å². The fourth-order valence-electron chi connectivity index (χ4n) is 1.59. The molecule has 0 saturated carbocycles. The fraction of sp³-hybridized carbons (Fsp3) is 0.364. The van der Waals surface area contributed by atoms with Gasteiger partial charge < -0.3 is 9.84 Å². The van der Waals surface area contributed by atoms with Crippen LogP contribution in [0.2, 0.25) is 0 Å². The Morgan fingerprint density at radius 2 is 2.40 bits per heavy atom. The summed E-state index contributed by atoms with van der Waals surface area (Å²) in [5.74, 6) is 0.240. The normalized spacial score (nSPS) is 12.1. The molecule has 1 amide bonds. The topological polar surface area (TPSA) is 116 Å². The van der Waals surface area contributed by atoms with Gasteiger partial charge in [-0.3, -0.25) is 19.6 Å². The van der Waals surface area contributed by atoms with E-state index in [-0.39, 0.29) is 18.1 Å². The highest BCUT2D eigenvalue weighted by atomic mass is 16.6. The van der Waals surface area contributed by atoms with E-state index in [0.29, 0.717) is 11.6 Å². The molecule has 2 aromatic rings. The lowest BCUT2D eigenvalue weighted by atomic mass is 10.1. The zero-order valence-corrected chi connectivity index (χ0v) is 10.9.